The van der Waals surface area contributed by atoms with Gasteiger partial charge < -0.3 is 34.6 Å². The van der Waals surface area contributed by atoms with Crippen LogP contribution in [0.1, 0.15) is 63.0 Å². The van der Waals surface area contributed by atoms with Gasteiger partial charge in [-0.05, 0) is 97.0 Å². The van der Waals surface area contributed by atoms with Crippen molar-refractivity contribution in [3.05, 3.63) is 52.0 Å². The number of rotatable bonds is 9. The molecule has 2 radical (unpaired) electrons. The molecule has 0 unspecified atom stereocenters. The molecule has 2 aromatic rings. The molecule has 3 fully saturated rings. The van der Waals surface area contributed by atoms with E-state index in [4.69, 9.17) is 17.3 Å². The van der Waals surface area contributed by atoms with Crippen molar-refractivity contribution in [1.82, 2.24) is 19.6 Å². The summed E-state index contributed by atoms with van der Waals surface area (Å²) >= 11 is 3.33. The van der Waals surface area contributed by atoms with Crippen molar-refractivity contribution in [2.75, 3.05) is 57.7 Å². The van der Waals surface area contributed by atoms with Crippen LogP contribution in [0.3, 0.4) is 0 Å². The van der Waals surface area contributed by atoms with Crippen molar-refractivity contribution in [1.29, 1.82) is 0 Å². The Morgan fingerprint density at radius 1 is 0.942 bits per heavy atom. The third-order valence-corrected chi connectivity index (χ3v) is 11.7. The molecule has 1 aliphatic carbocycles. The van der Waals surface area contributed by atoms with Gasteiger partial charge in [-0.15, -0.1) is 0 Å². The number of anilines is 1. The van der Waals surface area contributed by atoms with E-state index < -0.39 is 12.2 Å². The highest BCUT2D eigenvalue weighted by molar-refractivity contribution is 9.10. The Morgan fingerprint density at radius 3 is 2.35 bits per heavy atom. The third-order valence-electron chi connectivity index (χ3n) is 11.1. The molecule has 12 nitrogen and oxygen atoms in total. The van der Waals surface area contributed by atoms with Crippen LogP contribution in [0.15, 0.2) is 40.9 Å². The average molecular weight is 779 g/mol. The number of amides is 4. The quantitative estimate of drug-likeness (QED) is 0.286. The van der Waals surface area contributed by atoms with Gasteiger partial charge in [0.05, 0.1) is 11.1 Å². The minimum atomic E-state index is -1.08. The number of phenolic OH excluding ortho intramolecular Hbond substituents is 1. The topological polar surface area (TPSA) is 132 Å². The number of likely N-dealkylation sites (tertiary alicyclic amines) is 1. The fourth-order valence-electron chi connectivity index (χ4n) is 8.17. The van der Waals surface area contributed by atoms with E-state index in [0.717, 1.165) is 56.4 Å². The summed E-state index contributed by atoms with van der Waals surface area (Å²) < 4.78 is 11.6. The average Bonchev–Trinajstić information content (AvgIpc) is 3.31. The van der Waals surface area contributed by atoms with E-state index in [1.165, 1.54) is 0 Å². The SMILES string of the molecule is [B]c1cc(C[C@@H](OC(=O)N2CCC(N3CCc4ccccc4NC3=O)CC2)C(=O)N2CCN(C3CCC(CC(=O)OCC)CC3)CC2)cc(Br)c1O. The van der Waals surface area contributed by atoms with Gasteiger partial charge in [0, 0.05) is 76.4 Å². The van der Waals surface area contributed by atoms with Crippen molar-refractivity contribution in [3.63, 3.8) is 0 Å². The largest absolute Gasteiger partial charge is 0.507 e. The molecule has 2 saturated heterocycles. The molecule has 3 aliphatic heterocycles. The summed E-state index contributed by atoms with van der Waals surface area (Å²) in [7, 11) is 6.03. The molecule has 4 amide bonds. The van der Waals surface area contributed by atoms with Gasteiger partial charge in [-0.3, -0.25) is 14.5 Å². The first kappa shape index (κ1) is 38.0. The molecule has 4 aliphatic rings. The summed E-state index contributed by atoms with van der Waals surface area (Å²) in [6.45, 7) is 6.13. The van der Waals surface area contributed by atoms with Gasteiger partial charge >= 0.3 is 18.1 Å². The normalized spacial score (nSPS) is 22.2. The van der Waals surface area contributed by atoms with Gasteiger partial charge in [-0.1, -0.05) is 29.7 Å². The van der Waals surface area contributed by atoms with Crippen LogP contribution in [0.2, 0.25) is 0 Å². The fourth-order valence-corrected chi connectivity index (χ4v) is 8.69. The number of phenols is 1. The molecule has 14 heteroatoms. The lowest BCUT2D eigenvalue weighted by molar-refractivity contribution is -0.144. The highest BCUT2D eigenvalue weighted by Crippen LogP contribution is 2.31. The summed E-state index contributed by atoms with van der Waals surface area (Å²) in [5, 5.41) is 13.2. The number of nitrogens with zero attached hydrogens (tertiary/aromatic N) is 4. The second kappa shape index (κ2) is 17.4. The summed E-state index contributed by atoms with van der Waals surface area (Å²) in [5.74, 6) is -0.0992. The summed E-state index contributed by atoms with van der Waals surface area (Å²) in [6, 6.07) is 11.4. The smallest absolute Gasteiger partial charge is 0.410 e. The number of piperidine rings is 1. The number of nitrogens with one attached hydrogen (secondary N) is 1. The van der Waals surface area contributed by atoms with E-state index in [-0.39, 0.29) is 41.6 Å². The van der Waals surface area contributed by atoms with Crippen LogP contribution in [0.25, 0.3) is 0 Å². The molecule has 278 valence electrons. The van der Waals surface area contributed by atoms with E-state index in [2.05, 4.69) is 26.1 Å². The van der Waals surface area contributed by atoms with Crippen molar-refractivity contribution in [3.8, 4) is 5.75 Å². The van der Waals surface area contributed by atoms with Crippen LogP contribution in [-0.2, 0) is 31.9 Å². The zero-order valence-electron chi connectivity index (χ0n) is 29.9. The van der Waals surface area contributed by atoms with Crippen LogP contribution >= 0.6 is 15.9 Å². The van der Waals surface area contributed by atoms with Crippen molar-refractivity contribution in [2.24, 2.45) is 5.92 Å². The first-order chi connectivity index (χ1) is 25.1. The van der Waals surface area contributed by atoms with Crippen molar-refractivity contribution < 1.29 is 33.8 Å². The number of carbonyl (C=O) groups excluding carboxylic acids is 4. The monoisotopic (exact) mass is 777 g/mol. The van der Waals surface area contributed by atoms with Crippen LogP contribution in [-0.4, -0.2) is 127 Å². The summed E-state index contributed by atoms with van der Waals surface area (Å²) in [4.78, 5) is 60.5. The Kier molecular flexibility index (Phi) is 12.7. The maximum Gasteiger partial charge on any atom is 0.410 e. The van der Waals surface area contributed by atoms with Gasteiger partial charge in [0.1, 0.15) is 13.6 Å². The molecule has 1 atom stereocenters. The third kappa shape index (κ3) is 9.23. The Labute approximate surface area is 315 Å². The van der Waals surface area contributed by atoms with Gasteiger partial charge in [-0.25, -0.2) is 9.59 Å². The summed E-state index contributed by atoms with van der Waals surface area (Å²) in [5.41, 5.74) is 2.76. The highest BCUT2D eigenvalue weighted by Gasteiger charge is 2.37. The van der Waals surface area contributed by atoms with Crippen molar-refractivity contribution >= 4 is 58.9 Å². The zero-order valence-corrected chi connectivity index (χ0v) is 31.5. The maximum atomic E-state index is 14.1. The van der Waals surface area contributed by atoms with Gasteiger partial charge in [0.2, 0.25) is 0 Å². The zero-order chi connectivity index (χ0) is 36.8. The number of esters is 1. The van der Waals surface area contributed by atoms with E-state index in [9.17, 15) is 24.3 Å². The lowest BCUT2D eigenvalue weighted by atomic mass is 9.83. The number of halogens is 1. The predicted octanol–water partition coefficient (Wildman–Crippen LogP) is 4.21. The number of carbonyl (C=O) groups is 4. The predicted molar refractivity (Wildman–Crippen MR) is 201 cm³/mol. The Bertz CT molecular complexity index is 1580. The minimum absolute atomic E-state index is 0.0166. The number of urea groups is 1. The molecule has 1 saturated carbocycles. The van der Waals surface area contributed by atoms with Gasteiger partial charge in [0.25, 0.3) is 5.91 Å². The molecule has 2 aromatic carbocycles. The lowest BCUT2D eigenvalue weighted by Gasteiger charge is -2.42. The Balaban J connectivity index is 1.05. The molecule has 0 spiro atoms. The number of para-hydroxylation sites is 1. The van der Waals surface area contributed by atoms with Gasteiger partial charge in [-0.2, -0.15) is 0 Å². The first-order valence-electron chi connectivity index (χ1n) is 18.7. The van der Waals surface area contributed by atoms with Crippen LogP contribution in [0.5, 0.6) is 5.75 Å². The number of hydrogen-bond acceptors (Lipinski definition) is 8. The van der Waals surface area contributed by atoms with Gasteiger partial charge in [0.15, 0.2) is 6.10 Å². The standard InChI is InChI=1S/C38H49BBrN5O7/c1-2-51-34(46)24-25-7-9-28(10-8-25)42-17-19-43(20-18-42)36(48)33(23-26-21-30(39)35(47)31(40)22-26)52-38(50)44-14-12-29(13-15-44)45-16-11-27-5-3-4-6-32(27)41-37(45)49/h3-6,21-22,25,28-29,33,47H,2,7-20,23-24H2,1H3,(H,41,49)/t25?,28?,33-/m1/s1. The maximum absolute atomic E-state index is 14.1. The molecule has 6 rings (SSSR count). The number of ether oxygens (including phenoxy) is 2. The Morgan fingerprint density at radius 2 is 1.65 bits per heavy atom. The van der Waals surface area contributed by atoms with Crippen LogP contribution < -0.4 is 10.8 Å². The molecule has 0 bridgehead atoms. The lowest BCUT2D eigenvalue weighted by Crippen LogP contribution is -2.55. The number of fused-ring (bicyclic) bond motifs is 1. The van der Waals surface area contributed by atoms with E-state index >= 15 is 0 Å². The molecule has 2 N–H and O–H groups in total. The minimum Gasteiger partial charge on any atom is -0.507 e. The van der Waals surface area contributed by atoms with Crippen molar-refractivity contribution in [2.45, 2.75) is 82.9 Å². The molecule has 0 aromatic heterocycles. The van der Waals surface area contributed by atoms with Crippen LogP contribution in [0.4, 0.5) is 15.3 Å². The second-order valence-electron chi connectivity index (χ2n) is 14.4. The summed E-state index contributed by atoms with van der Waals surface area (Å²) in [6.07, 6.45) is 4.91. The van der Waals surface area contributed by atoms with E-state index in [1.807, 2.05) is 36.1 Å². The molecular formula is C38H49BBrN5O7. The number of hydrogen-bond donors (Lipinski definition) is 2. The molecular weight excluding hydrogens is 729 g/mol. The van der Waals surface area contributed by atoms with Crippen LogP contribution in [0, 0.1) is 5.92 Å². The second-order valence-corrected chi connectivity index (χ2v) is 15.2. The first-order valence-corrected chi connectivity index (χ1v) is 19.4. The Hall–Kier alpha value is -3.78. The van der Waals surface area contributed by atoms with E-state index in [1.54, 1.807) is 21.9 Å². The number of piperazine rings is 1. The fraction of sp³-hybridized carbons (Fsp3) is 0.579. The number of benzene rings is 2. The molecule has 52 heavy (non-hydrogen) atoms. The number of aromatic hydroxyl groups is 1. The molecule has 3 heterocycles. The van der Waals surface area contributed by atoms with E-state index in [0.29, 0.717) is 80.6 Å². The highest BCUT2D eigenvalue weighted by atomic mass is 79.9.